The lowest BCUT2D eigenvalue weighted by Crippen LogP contribution is -2.54. The first kappa shape index (κ1) is 29.8. The van der Waals surface area contributed by atoms with E-state index in [2.05, 4.69) is 15.5 Å². The summed E-state index contributed by atoms with van der Waals surface area (Å²) in [6.45, 7) is 5.26. The van der Waals surface area contributed by atoms with Crippen LogP contribution in [0.2, 0.25) is 0 Å². The third kappa shape index (κ3) is 7.39. The molecule has 0 radical (unpaired) electrons. The Kier molecular flexibility index (Phi) is 9.93. The number of nitrogens with zero attached hydrogens (tertiary/aromatic N) is 2. The minimum absolute atomic E-state index is 0.0227. The molecule has 42 heavy (non-hydrogen) atoms. The summed E-state index contributed by atoms with van der Waals surface area (Å²) < 4.78 is 23.0. The van der Waals surface area contributed by atoms with Crippen molar-refractivity contribution in [3.63, 3.8) is 0 Å². The molecule has 2 aromatic rings. The largest absolute Gasteiger partial charge is 0.497 e. The van der Waals surface area contributed by atoms with Gasteiger partial charge in [0.05, 0.1) is 44.5 Å². The van der Waals surface area contributed by atoms with Gasteiger partial charge in [0.2, 0.25) is 5.91 Å². The van der Waals surface area contributed by atoms with Crippen molar-refractivity contribution < 1.29 is 33.3 Å². The first-order chi connectivity index (χ1) is 20.4. The molecule has 11 nitrogen and oxygen atoms in total. The van der Waals surface area contributed by atoms with Crippen LogP contribution in [0.3, 0.4) is 0 Å². The standard InChI is InChI=1S/C31H40N4O7/c1-34-26-9-8-24(19-29(36)32-11-4-12-35-13-15-40-16-14-35)42-28(26)20-41-27-10-7-22(18-25(27)31(34)38)33-30(37)21-5-3-6-23(17-21)39-2/h3,5-7,10,17-18,24,26,28H,4,8-9,11-16,19-20H2,1-2H3,(H,32,36)(H,33,37)/t24-,26-,28-/m0/s1. The molecule has 3 atom stereocenters. The molecule has 11 heteroatoms. The van der Waals surface area contributed by atoms with Gasteiger partial charge in [0.1, 0.15) is 24.2 Å². The van der Waals surface area contributed by atoms with Gasteiger partial charge in [-0.3, -0.25) is 19.3 Å². The van der Waals surface area contributed by atoms with E-state index in [0.717, 1.165) is 39.3 Å². The monoisotopic (exact) mass is 580 g/mol. The fraction of sp³-hybridized carbons (Fsp3) is 0.516. The second kappa shape index (κ2) is 14.0. The molecule has 0 bridgehead atoms. The Balaban J connectivity index is 1.15. The average Bonchev–Trinajstić information content (AvgIpc) is 3.02. The van der Waals surface area contributed by atoms with E-state index < -0.39 is 0 Å². The second-order valence-electron chi connectivity index (χ2n) is 10.9. The highest BCUT2D eigenvalue weighted by atomic mass is 16.5. The SMILES string of the molecule is COc1cccc(C(=O)Nc2ccc3c(c2)C(=O)N(C)[C@H]2CC[C@@H](CC(=O)NCCCN4CCOCC4)O[C@H]2CO3)c1. The number of carbonyl (C=O) groups is 3. The Labute approximate surface area is 246 Å². The van der Waals surface area contributed by atoms with Gasteiger partial charge >= 0.3 is 0 Å². The van der Waals surface area contributed by atoms with E-state index in [1.165, 1.54) is 0 Å². The number of hydrogen-bond acceptors (Lipinski definition) is 8. The van der Waals surface area contributed by atoms with Gasteiger partial charge in [-0.1, -0.05) is 6.07 Å². The van der Waals surface area contributed by atoms with Crippen LogP contribution in [0.25, 0.3) is 0 Å². The smallest absolute Gasteiger partial charge is 0.257 e. The molecule has 0 aliphatic carbocycles. The number of fused-ring (bicyclic) bond motifs is 2. The molecular formula is C31H40N4O7. The summed E-state index contributed by atoms with van der Waals surface area (Å²) >= 11 is 0. The number of amides is 3. The Bertz CT molecular complexity index is 1270. The average molecular weight is 581 g/mol. The van der Waals surface area contributed by atoms with Gasteiger partial charge in [-0.2, -0.15) is 0 Å². The van der Waals surface area contributed by atoms with Crippen molar-refractivity contribution in [3.8, 4) is 11.5 Å². The molecule has 2 aromatic carbocycles. The number of hydrogen-bond donors (Lipinski definition) is 2. The number of carbonyl (C=O) groups excluding carboxylic acids is 3. The zero-order valence-corrected chi connectivity index (χ0v) is 24.3. The Morgan fingerprint density at radius 1 is 1.10 bits per heavy atom. The highest BCUT2D eigenvalue weighted by molar-refractivity contribution is 6.05. The topological polar surface area (TPSA) is 119 Å². The summed E-state index contributed by atoms with van der Waals surface area (Å²) in [4.78, 5) is 43.0. The maximum atomic E-state index is 13.5. The van der Waals surface area contributed by atoms with E-state index in [0.29, 0.717) is 47.7 Å². The molecule has 3 aliphatic rings. The van der Waals surface area contributed by atoms with Crippen molar-refractivity contribution in [2.45, 2.75) is 43.9 Å². The van der Waals surface area contributed by atoms with Crippen LogP contribution in [0.1, 0.15) is 46.4 Å². The maximum Gasteiger partial charge on any atom is 0.257 e. The summed E-state index contributed by atoms with van der Waals surface area (Å²) in [6, 6.07) is 11.7. The summed E-state index contributed by atoms with van der Waals surface area (Å²) in [6.07, 6.45) is 1.97. The van der Waals surface area contributed by atoms with E-state index in [1.54, 1.807) is 61.5 Å². The minimum atomic E-state index is -0.354. The van der Waals surface area contributed by atoms with Crippen molar-refractivity contribution in [1.82, 2.24) is 15.1 Å². The quantitative estimate of drug-likeness (QED) is 0.435. The summed E-state index contributed by atoms with van der Waals surface area (Å²) in [7, 11) is 3.31. The van der Waals surface area contributed by atoms with Gasteiger partial charge < -0.3 is 34.5 Å². The van der Waals surface area contributed by atoms with Crippen LogP contribution in [-0.2, 0) is 14.3 Å². The molecule has 0 aromatic heterocycles. The van der Waals surface area contributed by atoms with E-state index in [4.69, 9.17) is 18.9 Å². The first-order valence-electron chi connectivity index (χ1n) is 14.6. The van der Waals surface area contributed by atoms with Crippen LogP contribution < -0.4 is 20.1 Å². The first-order valence-corrected chi connectivity index (χ1v) is 14.6. The van der Waals surface area contributed by atoms with Crippen LogP contribution in [0.4, 0.5) is 5.69 Å². The number of morpholine rings is 1. The fourth-order valence-electron chi connectivity index (χ4n) is 5.71. The van der Waals surface area contributed by atoms with Crippen molar-refractivity contribution in [2.75, 3.05) is 65.5 Å². The lowest BCUT2D eigenvalue weighted by Gasteiger charge is -2.42. The third-order valence-electron chi connectivity index (χ3n) is 8.09. The molecule has 0 spiro atoms. The third-order valence-corrected chi connectivity index (χ3v) is 8.09. The maximum absolute atomic E-state index is 13.5. The molecule has 226 valence electrons. The van der Waals surface area contributed by atoms with Crippen molar-refractivity contribution >= 4 is 23.4 Å². The van der Waals surface area contributed by atoms with Gasteiger partial charge in [-0.15, -0.1) is 0 Å². The number of methoxy groups -OCH3 is 1. The molecule has 0 saturated carbocycles. The Morgan fingerprint density at radius 2 is 1.93 bits per heavy atom. The van der Waals surface area contributed by atoms with Gasteiger partial charge in [0.15, 0.2) is 0 Å². The molecule has 2 N–H and O–H groups in total. The van der Waals surface area contributed by atoms with Gasteiger partial charge in [0, 0.05) is 37.9 Å². The van der Waals surface area contributed by atoms with E-state index >= 15 is 0 Å². The Hall–Kier alpha value is -3.67. The molecule has 3 amide bonds. The number of anilines is 1. The lowest BCUT2D eigenvalue weighted by atomic mass is 9.94. The predicted octanol–water partition coefficient (Wildman–Crippen LogP) is 2.56. The summed E-state index contributed by atoms with van der Waals surface area (Å²) in [5.74, 6) is 0.461. The van der Waals surface area contributed by atoms with Crippen LogP contribution in [0, 0.1) is 0 Å². The molecule has 2 saturated heterocycles. The molecular weight excluding hydrogens is 540 g/mol. The lowest BCUT2D eigenvalue weighted by molar-refractivity contribution is -0.134. The van der Waals surface area contributed by atoms with Crippen molar-refractivity contribution in [3.05, 3.63) is 53.6 Å². The number of likely N-dealkylation sites (N-methyl/N-ethyl adjacent to an activating group) is 1. The van der Waals surface area contributed by atoms with Crippen molar-refractivity contribution in [2.24, 2.45) is 0 Å². The van der Waals surface area contributed by atoms with Gasteiger partial charge in [-0.25, -0.2) is 0 Å². The van der Waals surface area contributed by atoms with E-state index in [9.17, 15) is 14.4 Å². The Morgan fingerprint density at radius 3 is 2.74 bits per heavy atom. The second-order valence-corrected chi connectivity index (χ2v) is 10.9. The zero-order chi connectivity index (χ0) is 29.5. The fourth-order valence-corrected chi connectivity index (χ4v) is 5.71. The van der Waals surface area contributed by atoms with Crippen LogP contribution in [0.5, 0.6) is 11.5 Å². The van der Waals surface area contributed by atoms with Gasteiger partial charge in [0.25, 0.3) is 11.8 Å². The highest BCUT2D eigenvalue weighted by Crippen LogP contribution is 2.32. The van der Waals surface area contributed by atoms with E-state index in [1.807, 2.05) is 0 Å². The molecule has 5 rings (SSSR count). The van der Waals surface area contributed by atoms with E-state index in [-0.39, 0.29) is 49.0 Å². The highest BCUT2D eigenvalue weighted by Gasteiger charge is 2.39. The number of ether oxygens (including phenoxy) is 4. The summed E-state index contributed by atoms with van der Waals surface area (Å²) in [5.41, 5.74) is 1.30. The van der Waals surface area contributed by atoms with Crippen LogP contribution in [-0.4, -0.2) is 106 Å². The molecule has 3 aliphatic heterocycles. The molecule has 3 heterocycles. The predicted molar refractivity (Wildman–Crippen MR) is 156 cm³/mol. The van der Waals surface area contributed by atoms with Crippen LogP contribution >= 0.6 is 0 Å². The van der Waals surface area contributed by atoms with Crippen molar-refractivity contribution in [1.29, 1.82) is 0 Å². The molecule has 2 fully saturated rings. The minimum Gasteiger partial charge on any atom is -0.497 e. The molecule has 0 unspecified atom stereocenters. The summed E-state index contributed by atoms with van der Waals surface area (Å²) in [5, 5.41) is 5.87. The normalized spacial score (nSPS) is 22.6. The number of benzene rings is 2. The number of nitrogens with one attached hydrogen (secondary N) is 2. The van der Waals surface area contributed by atoms with Gasteiger partial charge in [-0.05, 0) is 62.2 Å². The number of rotatable bonds is 9. The zero-order valence-electron chi connectivity index (χ0n) is 24.3. The van der Waals surface area contributed by atoms with Crippen LogP contribution in [0.15, 0.2) is 42.5 Å².